The molecule has 1 saturated heterocycles. The molecule has 37 heavy (non-hydrogen) atoms. The molecule has 4 heterocycles. The number of fused-ring (bicyclic) bond motifs is 1. The number of hydrogen-bond acceptors (Lipinski definition) is 8. The summed E-state index contributed by atoms with van der Waals surface area (Å²) in [6.45, 7) is 3.56. The average molecular weight is 530 g/mol. The van der Waals surface area contributed by atoms with Crippen LogP contribution in [0.1, 0.15) is 39.3 Å². The van der Waals surface area contributed by atoms with Gasteiger partial charge in [0.25, 0.3) is 0 Å². The molecule has 1 atom stereocenters. The zero-order chi connectivity index (χ0) is 26.2. The number of pyridine rings is 1. The summed E-state index contributed by atoms with van der Waals surface area (Å²) in [6.07, 6.45) is 7.17. The molecule has 2 N–H and O–H groups in total. The maximum atomic E-state index is 15.3. The Balaban J connectivity index is 1.54. The number of nitrogens with zero attached hydrogens (tertiary/aromatic N) is 5. The quantitative estimate of drug-likeness (QED) is 0.351. The zero-order valence-electron chi connectivity index (χ0n) is 20.1. The van der Waals surface area contributed by atoms with Crippen LogP contribution in [0, 0.1) is 11.6 Å². The van der Waals surface area contributed by atoms with E-state index in [1.165, 1.54) is 26.4 Å². The van der Waals surface area contributed by atoms with Gasteiger partial charge in [0.15, 0.2) is 11.5 Å². The van der Waals surface area contributed by atoms with Crippen LogP contribution in [0.15, 0.2) is 43.1 Å². The molecule has 194 valence electrons. The second kappa shape index (κ2) is 9.98. The van der Waals surface area contributed by atoms with Crippen molar-refractivity contribution in [2.24, 2.45) is 0 Å². The largest absolute Gasteiger partial charge is 0.358 e. The maximum Gasteiger partial charge on any atom is 0.235 e. The van der Waals surface area contributed by atoms with Gasteiger partial charge in [-0.15, -0.1) is 0 Å². The lowest BCUT2D eigenvalue weighted by atomic mass is 10.1. The summed E-state index contributed by atoms with van der Waals surface area (Å²) < 4.78 is 64.4. The molecule has 3 aromatic heterocycles. The van der Waals surface area contributed by atoms with Crippen LogP contribution in [0.4, 0.5) is 26.0 Å². The Hall–Kier alpha value is -3.71. The Kier molecular flexibility index (Phi) is 6.73. The second-order valence-corrected chi connectivity index (χ2v) is 11.1. The first kappa shape index (κ1) is 25.0. The van der Waals surface area contributed by atoms with E-state index in [0.717, 1.165) is 31.4 Å². The van der Waals surface area contributed by atoms with E-state index in [9.17, 15) is 12.8 Å². The summed E-state index contributed by atoms with van der Waals surface area (Å²) >= 11 is 0. The molecular formula is C24H25F2N7O3S. The molecule has 1 aliphatic rings. The minimum Gasteiger partial charge on any atom is -0.358 e. The molecule has 0 amide bonds. The van der Waals surface area contributed by atoms with Crippen molar-refractivity contribution in [2.45, 2.75) is 44.6 Å². The Labute approximate surface area is 212 Å². The zero-order valence-corrected chi connectivity index (χ0v) is 21.0. The van der Waals surface area contributed by atoms with Gasteiger partial charge in [-0.05, 0) is 57.4 Å². The van der Waals surface area contributed by atoms with E-state index < -0.39 is 32.6 Å². The normalized spacial score (nSPS) is 16.3. The highest BCUT2D eigenvalue weighted by molar-refractivity contribution is 7.93. The SMILES string of the molecule is CC(C)S(=O)(=O)Nc1ccc(F)c(Nc2ncccc2-c2ncnc3c2ncn3C2CCCCO2)c1F. The van der Waals surface area contributed by atoms with Gasteiger partial charge in [0, 0.05) is 18.4 Å². The number of imidazole rings is 1. The van der Waals surface area contributed by atoms with Gasteiger partial charge in [-0.3, -0.25) is 9.29 Å². The minimum atomic E-state index is -3.85. The highest BCUT2D eigenvalue weighted by Crippen LogP contribution is 2.35. The molecule has 0 saturated carbocycles. The molecule has 5 rings (SSSR count). The van der Waals surface area contributed by atoms with Crippen molar-refractivity contribution in [2.75, 3.05) is 16.6 Å². The first-order valence-corrected chi connectivity index (χ1v) is 13.3. The van der Waals surface area contributed by atoms with Crippen molar-refractivity contribution in [1.82, 2.24) is 24.5 Å². The lowest BCUT2D eigenvalue weighted by molar-refractivity contribution is -0.0298. The third-order valence-electron chi connectivity index (χ3n) is 6.09. The van der Waals surface area contributed by atoms with Gasteiger partial charge in [0.05, 0.1) is 17.3 Å². The Morgan fingerprint density at radius 2 is 1.95 bits per heavy atom. The number of ether oxygens (including phenoxy) is 1. The van der Waals surface area contributed by atoms with Crippen molar-refractivity contribution in [3.63, 3.8) is 0 Å². The molecule has 0 radical (unpaired) electrons. The molecule has 1 aromatic carbocycles. The van der Waals surface area contributed by atoms with Crippen LogP contribution in [-0.4, -0.2) is 44.8 Å². The first-order valence-electron chi connectivity index (χ1n) is 11.8. The summed E-state index contributed by atoms with van der Waals surface area (Å²) in [5.41, 5.74) is 0.937. The van der Waals surface area contributed by atoms with Crippen LogP contribution < -0.4 is 10.0 Å². The molecular weight excluding hydrogens is 504 g/mol. The van der Waals surface area contributed by atoms with Gasteiger partial charge in [-0.2, -0.15) is 0 Å². The van der Waals surface area contributed by atoms with Crippen LogP contribution >= 0.6 is 0 Å². The number of rotatable bonds is 7. The fourth-order valence-electron chi connectivity index (χ4n) is 4.03. The van der Waals surface area contributed by atoms with Crippen LogP contribution in [0.2, 0.25) is 0 Å². The van der Waals surface area contributed by atoms with Crippen molar-refractivity contribution in [3.8, 4) is 11.3 Å². The van der Waals surface area contributed by atoms with Gasteiger partial charge < -0.3 is 10.1 Å². The molecule has 13 heteroatoms. The highest BCUT2D eigenvalue weighted by atomic mass is 32.2. The average Bonchev–Trinajstić information content (AvgIpc) is 3.33. The van der Waals surface area contributed by atoms with Gasteiger partial charge in [-0.25, -0.2) is 37.1 Å². The summed E-state index contributed by atoms with van der Waals surface area (Å²) in [4.78, 5) is 17.5. The number of nitrogens with one attached hydrogen (secondary N) is 2. The third-order valence-corrected chi connectivity index (χ3v) is 7.84. The molecule has 1 unspecified atom stereocenters. The molecule has 10 nitrogen and oxygen atoms in total. The number of hydrogen-bond donors (Lipinski definition) is 2. The van der Waals surface area contributed by atoms with Crippen molar-refractivity contribution in [3.05, 3.63) is 54.8 Å². The van der Waals surface area contributed by atoms with E-state index >= 15 is 4.39 Å². The summed E-state index contributed by atoms with van der Waals surface area (Å²) in [5.74, 6) is -1.92. The maximum absolute atomic E-state index is 15.3. The number of benzene rings is 1. The van der Waals surface area contributed by atoms with E-state index in [-0.39, 0.29) is 17.7 Å². The van der Waals surface area contributed by atoms with Crippen molar-refractivity contribution >= 4 is 38.4 Å². The van der Waals surface area contributed by atoms with Crippen molar-refractivity contribution < 1.29 is 21.9 Å². The van der Waals surface area contributed by atoms with Crippen LogP contribution in [0.3, 0.4) is 0 Å². The number of sulfonamides is 1. The fraction of sp³-hybridized carbons (Fsp3) is 0.333. The van der Waals surface area contributed by atoms with E-state index in [1.807, 2.05) is 4.57 Å². The molecule has 1 aliphatic heterocycles. The van der Waals surface area contributed by atoms with Gasteiger partial charge in [-0.1, -0.05) is 0 Å². The Morgan fingerprint density at radius 1 is 1.11 bits per heavy atom. The van der Waals surface area contributed by atoms with Crippen molar-refractivity contribution in [1.29, 1.82) is 0 Å². The predicted octanol–water partition coefficient (Wildman–Crippen LogP) is 4.76. The summed E-state index contributed by atoms with van der Waals surface area (Å²) in [6, 6.07) is 5.36. The second-order valence-electron chi connectivity index (χ2n) is 8.87. The number of halogens is 2. The van der Waals surface area contributed by atoms with Crippen LogP contribution in [0.25, 0.3) is 22.4 Å². The monoisotopic (exact) mass is 529 g/mol. The predicted molar refractivity (Wildman–Crippen MR) is 135 cm³/mol. The fourth-order valence-corrected chi connectivity index (χ4v) is 4.73. The van der Waals surface area contributed by atoms with Gasteiger partial charge >= 0.3 is 0 Å². The van der Waals surface area contributed by atoms with E-state index in [1.54, 1.807) is 18.5 Å². The van der Waals surface area contributed by atoms with Crippen LogP contribution in [-0.2, 0) is 14.8 Å². The Morgan fingerprint density at radius 3 is 2.70 bits per heavy atom. The Bertz CT molecular complexity index is 1550. The van der Waals surface area contributed by atoms with E-state index in [4.69, 9.17) is 4.74 Å². The molecule has 0 spiro atoms. The standard InChI is InChI=1S/C24H25F2N7O3S/c1-14(2)37(34,35)32-17-9-8-16(25)21(19(17)26)31-23-15(6-5-10-27-23)20-22-24(29-12-28-20)33(13-30-22)18-7-3-4-11-36-18/h5-6,8-10,12-14,18,32H,3-4,7,11H2,1-2H3,(H,27,31). The molecule has 0 bridgehead atoms. The van der Waals surface area contributed by atoms with E-state index in [2.05, 4.69) is 30.0 Å². The summed E-state index contributed by atoms with van der Waals surface area (Å²) in [7, 11) is -3.85. The summed E-state index contributed by atoms with van der Waals surface area (Å²) in [5, 5.41) is 1.87. The van der Waals surface area contributed by atoms with Gasteiger partial charge in [0.2, 0.25) is 10.0 Å². The smallest absolute Gasteiger partial charge is 0.235 e. The lowest BCUT2D eigenvalue weighted by Gasteiger charge is -2.23. The number of aromatic nitrogens is 5. The molecule has 1 fully saturated rings. The first-order chi connectivity index (χ1) is 17.8. The minimum absolute atomic E-state index is 0.104. The molecule has 0 aliphatic carbocycles. The third kappa shape index (κ3) is 4.83. The molecule has 4 aromatic rings. The highest BCUT2D eigenvalue weighted by Gasteiger charge is 2.24. The van der Waals surface area contributed by atoms with E-state index in [0.29, 0.717) is 29.0 Å². The number of anilines is 3. The van der Waals surface area contributed by atoms with Gasteiger partial charge in [0.1, 0.15) is 41.1 Å². The lowest BCUT2D eigenvalue weighted by Crippen LogP contribution is -2.23. The topological polar surface area (TPSA) is 124 Å². The van der Waals surface area contributed by atoms with Crippen LogP contribution in [0.5, 0.6) is 0 Å².